The molecule has 0 N–H and O–H groups in total. The molecule has 0 unspecified atom stereocenters. The third kappa shape index (κ3) is 1.49. The van der Waals surface area contributed by atoms with Crippen LogP contribution in [0, 0.1) is 0 Å². The first kappa shape index (κ1) is 10.0. The van der Waals surface area contributed by atoms with Gasteiger partial charge in [-0.1, -0.05) is 72.3 Å². The topological polar surface area (TPSA) is 0 Å². The third-order valence-corrected chi connectivity index (χ3v) is 4.40. The van der Waals surface area contributed by atoms with Gasteiger partial charge in [0.1, 0.15) is 0 Å². The van der Waals surface area contributed by atoms with Crippen molar-refractivity contribution < 1.29 is 0 Å². The molecule has 1 aliphatic rings. The Morgan fingerprint density at radius 3 is 1.88 bits per heavy atom. The average Bonchev–Trinajstić information content (AvgIpc) is 2.36. The minimum atomic E-state index is 0.577. The molecule has 16 heavy (non-hydrogen) atoms. The van der Waals surface area contributed by atoms with E-state index in [1.165, 1.54) is 27.0 Å². The van der Waals surface area contributed by atoms with Gasteiger partial charge in [0.15, 0.2) is 0 Å². The number of hydrogen-bond donors (Lipinski definition) is 0. The summed E-state index contributed by atoms with van der Waals surface area (Å²) in [5.41, 5.74) is 2.99. The highest BCUT2D eigenvalue weighted by Gasteiger charge is 2.26. The van der Waals surface area contributed by atoms with E-state index in [1.54, 1.807) is 0 Å². The predicted molar refractivity (Wildman–Crippen MR) is 72.5 cm³/mol. The zero-order valence-corrected chi connectivity index (χ0v) is 10.1. The van der Waals surface area contributed by atoms with Crippen molar-refractivity contribution >= 4 is 29.4 Å². The molecule has 0 bridgehead atoms. The minimum Gasteiger partial charge on any atom is -0.0912 e. The Morgan fingerprint density at radius 2 is 1.38 bits per heavy atom. The highest BCUT2D eigenvalue weighted by atomic mass is 32.2. The molecular formula is C14H13BS. The number of benzene rings is 2. The van der Waals surface area contributed by atoms with E-state index in [-0.39, 0.29) is 0 Å². The van der Waals surface area contributed by atoms with Crippen LogP contribution in [0.5, 0.6) is 0 Å². The average molecular weight is 224 g/mol. The van der Waals surface area contributed by atoms with E-state index in [2.05, 4.69) is 55.5 Å². The van der Waals surface area contributed by atoms with Gasteiger partial charge in [0, 0.05) is 9.79 Å². The van der Waals surface area contributed by atoms with Crippen LogP contribution in [0.25, 0.3) is 0 Å². The molecule has 0 saturated heterocycles. The lowest BCUT2D eigenvalue weighted by molar-refractivity contribution is 1.37. The van der Waals surface area contributed by atoms with E-state index in [4.69, 9.17) is 0 Å². The van der Waals surface area contributed by atoms with Crippen LogP contribution in [-0.4, -0.2) is 6.71 Å². The van der Waals surface area contributed by atoms with Crippen LogP contribution in [-0.2, 0) is 0 Å². The monoisotopic (exact) mass is 224 g/mol. The Hall–Kier alpha value is -1.15. The molecule has 2 aromatic carbocycles. The predicted octanol–water partition coefficient (Wildman–Crippen LogP) is 2.78. The Balaban J connectivity index is 2.19. The molecule has 0 atom stereocenters. The van der Waals surface area contributed by atoms with E-state index in [1.807, 2.05) is 11.8 Å². The molecule has 0 amide bonds. The molecule has 78 valence electrons. The maximum absolute atomic E-state index is 2.27. The molecule has 1 heterocycles. The fourth-order valence-electron chi connectivity index (χ4n) is 2.45. The van der Waals surface area contributed by atoms with E-state index >= 15 is 0 Å². The lowest BCUT2D eigenvalue weighted by Crippen LogP contribution is -2.45. The number of rotatable bonds is 1. The SMILES string of the molecule is CCB1c2ccccc2Sc2ccccc21. The van der Waals surface area contributed by atoms with Crippen LogP contribution in [0.2, 0.25) is 6.32 Å². The van der Waals surface area contributed by atoms with Crippen LogP contribution in [0.3, 0.4) is 0 Å². The summed E-state index contributed by atoms with van der Waals surface area (Å²) in [6, 6.07) is 17.6. The number of fused-ring (bicyclic) bond motifs is 2. The molecule has 0 spiro atoms. The second kappa shape index (κ2) is 4.02. The van der Waals surface area contributed by atoms with Gasteiger partial charge in [-0.05, 0) is 12.1 Å². The molecule has 3 rings (SSSR count). The molecular weight excluding hydrogens is 211 g/mol. The molecule has 0 aliphatic carbocycles. The van der Waals surface area contributed by atoms with E-state index in [0.717, 1.165) is 0 Å². The maximum atomic E-state index is 2.27. The van der Waals surface area contributed by atoms with Gasteiger partial charge < -0.3 is 0 Å². The fraction of sp³-hybridized carbons (Fsp3) is 0.143. The first-order chi connectivity index (χ1) is 7.90. The van der Waals surface area contributed by atoms with Crippen molar-refractivity contribution in [1.82, 2.24) is 0 Å². The summed E-state index contributed by atoms with van der Waals surface area (Å²) in [6.07, 6.45) is 1.18. The van der Waals surface area contributed by atoms with Gasteiger partial charge in [-0.15, -0.1) is 0 Å². The highest BCUT2D eigenvalue weighted by Crippen LogP contribution is 2.29. The Morgan fingerprint density at radius 1 is 0.875 bits per heavy atom. The van der Waals surface area contributed by atoms with Gasteiger partial charge in [-0.2, -0.15) is 0 Å². The van der Waals surface area contributed by atoms with Gasteiger partial charge in [-0.25, -0.2) is 0 Å². The maximum Gasteiger partial charge on any atom is 0.212 e. The van der Waals surface area contributed by atoms with E-state index in [0.29, 0.717) is 6.71 Å². The van der Waals surface area contributed by atoms with Crippen LogP contribution in [0.15, 0.2) is 58.3 Å². The van der Waals surface area contributed by atoms with Gasteiger partial charge in [0.05, 0.1) is 0 Å². The van der Waals surface area contributed by atoms with Crippen LogP contribution in [0.1, 0.15) is 6.92 Å². The first-order valence-corrected chi connectivity index (χ1v) is 6.57. The Labute approximate surface area is 101 Å². The van der Waals surface area contributed by atoms with Crippen molar-refractivity contribution in [1.29, 1.82) is 0 Å². The molecule has 0 nitrogen and oxygen atoms in total. The van der Waals surface area contributed by atoms with Crippen molar-refractivity contribution in [2.75, 3.05) is 0 Å². The highest BCUT2D eigenvalue weighted by molar-refractivity contribution is 8.00. The van der Waals surface area contributed by atoms with Crippen molar-refractivity contribution in [2.24, 2.45) is 0 Å². The molecule has 0 aromatic heterocycles. The van der Waals surface area contributed by atoms with Crippen LogP contribution >= 0.6 is 11.8 Å². The molecule has 0 fully saturated rings. The minimum absolute atomic E-state index is 0.577. The van der Waals surface area contributed by atoms with Gasteiger partial charge >= 0.3 is 0 Å². The summed E-state index contributed by atoms with van der Waals surface area (Å²) < 4.78 is 0. The summed E-state index contributed by atoms with van der Waals surface area (Å²) in [5.74, 6) is 0. The fourth-order valence-corrected chi connectivity index (χ4v) is 3.63. The smallest absolute Gasteiger partial charge is 0.0912 e. The lowest BCUT2D eigenvalue weighted by atomic mass is 9.39. The Bertz CT molecular complexity index is 476. The molecule has 0 radical (unpaired) electrons. The molecule has 2 aromatic rings. The van der Waals surface area contributed by atoms with Crippen molar-refractivity contribution in [3.8, 4) is 0 Å². The summed E-state index contributed by atoms with van der Waals surface area (Å²) >= 11 is 1.90. The first-order valence-electron chi connectivity index (χ1n) is 5.76. The van der Waals surface area contributed by atoms with E-state index < -0.39 is 0 Å². The van der Waals surface area contributed by atoms with E-state index in [9.17, 15) is 0 Å². The van der Waals surface area contributed by atoms with Gasteiger partial charge in [-0.3, -0.25) is 0 Å². The molecule has 2 heteroatoms. The summed E-state index contributed by atoms with van der Waals surface area (Å²) in [5, 5.41) is 0. The second-order valence-electron chi connectivity index (χ2n) is 4.14. The summed E-state index contributed by atoms with van der Waals surface area (Å²) in [4.78, 5) is 2.85. The summed E-state index contributed by atoms with van der Waals surface area (Å²) in [6.45, 7) is 2.85. The van der Waals surface area contributed by atoms with Crippen LogP contribution < -0.4 is 10.9 Å². The standard InChI is InChI=1S/C14H13BS/c1-2-15-11-7-3-5-9-13(11)16-14-10-6-4-8-12(14)15/h3-10H,2H2,1H3. The zero-order chi connectivity index (χ0) is 11.0. The van der Waals surface area contributed by atoms with Crippen molar-refractivity contribution in [3.05, 3.63) is 48.5 Å². The van der Waals surface area contributed by atoms with Crippen molar-refractivity contribution in [2.45, 2.75) is 23.0 Å². The molecule has 1 aliphatic heterocycles. The van der Waals surface area contributed by atoms with Gasteiger partial charge in [0.25, 0.3) is 0 Å². The molecule has 0 saturated carbocycles. The normalized spacial score (nSPS) is 13.2. The quantitative estimate of drug-likeness (QED) is 0.671. The largest absolute Gasteiger partial charge is 0.212 e. The third-order valence-electron chi connectivity index (χ3n) is 3.22. The Kier molecular flexibility index (Phi) is 2.52. The van der Waals surface area contributed by atoms with Crippen molar-refractivity contribution in [3.63, 3.8) is 0 Å². The second-order valence-corrected chi connectivity index (χ2v) is 5.22. The number of hydrogen-bond acceptors (Lipinski definition) is 1. The lowest BCUT2D eigenvalue weighted by Gasteiger charge is -2.24. The zero-order valence-electron chi connectivity index (χ0n) is 9.31. The van der Waals surface area contributed by atoms with Gasteiger partial charge in [0.2, 0.25) is 6.71 Å². The summed E-state index contributed by atoms with van der Waals surface area (Å²) in [7, 11) is 0. The van der Waals surface area contributed by atoms with Crippen LogP contribution in [0.4, 0.5) is 0 Å².